The SMILES string of the molecule is O=C(OF)C1CC(Cc2c(-c3ccc(F)cc3)[nH]c3c(F)cc(F)cc23)C1. The Kier molecular flexibility index (Phi) is 4.37. The zero-order valence-corrected chi connectivity index (χ0v) is 14.1. The van der Waals surface area contributed by atoms with Crippen molar-refractivity contribution in [2.45, 2.75) is 19.3 Å². The second-order valence-corrected chi connectivity index (χ2v) is 6.93. The molecule has 0 unspecified atom stereocenters. The van der Waals surface area contributed by atoms with Gasteiger partial charge in [0, 0.05) is 21.7 Å². The highest BCUT2D eigenvalue weighted by Crippen LogP contribution is 2.41. The molecule has 0 atom stereocenters. The van der Waals surface area contributed by atoms with Gasteiger partial charge in [0.15, 0.2) is 0 Å². The first-order valence-electron chi connectivity index (χ1n) is 8.54. The first kappa shape index (κ1) is 17.6. The highest BCUT2D eigenvalue weighted by molar-refractivity contribution is 5.91. The molecule has 1 aliphatic carbocycles. The van der Waals surface area contributed by atoms with Gasteiger partial charge in [-0.25, -0.2) is 18.0 Å². The fourth-order valence-corrected chi connectivity index (χ4v) is 3.80. The normalized spacial score (nSPS) is 19.1. The van der Waals surface area contributed by atoms with Crippen LogP contribution in [0.1, 0.15) is 18.4 Å². The molecule has 1 N–H and O–H groups in total. The van der Waals surface area contributed by atoms with Crippen molar-refractivity contribution in [1.29, 1.82) is 0 Å². The van der Waals surface area contributed by atoms with Crippen molar-refractivity contribution in [2.75, 3.05) is 0 Å². The van der Waals surface area contributed by atoms with E-state index in [1.807, 2.05) is 0 Å². The van der Waals surface area contributed by atoms with E-state index >= 15 is 0 Å². The van der Waals surface area contributed by atoms with Crippen LogP contribution in [-0.4, -0.2) is 11.0 Å². The number of carbonyl (C=O) groups excluding carboxylic acids is 1. The number of aromatic amines is 1. The van der Waals surface area contributed by atoms with Crippen LogP contribution in [-0.2, 0) is 16.2 Å². The number of halogens is 4. The molecule has 3 nitrogen and oxygen atoms in total. The third-order valence-corrected chi connectivity index (χ3v) is 5.20. The van der Waals surface area contributed by atoms with Gasteiger partial charge in [0.25, 0.3) is 0 Å². The Morgan fingerprint density at radius 2 is 1.78 bits per heavy atom. The molecule has 0 aliphatic heterocycles. The molecule has 140 valence electrons. The highest BCUT2D eigenvalue weighted by Gasteiger charge is 2.37. The average Bonchev–Trinajstić information content (AvgIpc) is 2.96. The van der Waals surface area contributed by atoms with Gasteiger partial charge in [-0.05, 0) is 66.6 Å². The summed E-state index contributed by atoms with van der Waals surface area (Å²) in [4.78, 5) is 17.5. The molecule has 0 amide bonds. The van der Waals surface area contributed by atoms with Crippen molar-refractivity contribution in [3.05, 3.63) is 59.4 Å². The summed E-state index contributed by atoms with van der Waals surface area (Å²) < 4.78 is 53.3. The summed E-state index contributed by atoms with van der Waals surface area (Å²) in [5.74, 6) is -3.14. The van der Waals surface area contributed by atoms with E-state index in [0.717, 1.165) is 6.07 Å². The minimum absolute atomic E-state index is 0.0543. The molecule has 7 heteroatoms. The minimum atomic E-state index is -0.888. The molecule has 0 radical (unpaired) electrons. The van der Waals surface area contributed by atoms with Crippen LogP contribution in [0.15, 0.2) is 36.4 Å². The van der Waals surface area contributed by atoms with E-state index < -0.39 is 29.3 Å². The molecule has 27 heavy (non-hydrogen) atoms. The van der Waals surface area contributed by atoms with Crippen LogP contribution < -0.4 is 0 Å². The molecule has 0 saturated heterocycles. The van der Waals surface area contributed by atoms with Crippen LogP contribution >= 0.6 is 0 Å². The number of benzene rings is 2. The number of nitrogens with one attached hydrogen (secondary N) is 1. The number of hydrogen-bond acceptors (Lipinski definition) is 2. The monoisotopic (exact) mass is 377 g/mol. The average molecular weight is 377 g/mol. The molecule has 0 spiro atoms. The molecule has 3 aromatic rings. The summed E-state index contributed by atoms with van der Waals surface area (Å²) in [5.41, 5.74) is 2.07. The molecule has 1 heterocycles. The van der Waals surface area contributed by atoms with Crippen molar-refractivity contribution >= 4 is 16.9 Å². The topological polar surface area (TPSA) is 42.1 Å². The second kappa shape index (κ2) is 6.72. The van der Waals surface area contributed by atoms with E-state index in [1.165, 1.54) is 18.2 Å². The Bertz CT molecular complexity index is 1010. The second-order valence-electron chi connectivity index (χ2n) is 6.93. The van der Waals surface area contributed by atoms with Crippen molar-refractivity contribution < 1.29 is 27.4 Å². The Morgan fingerprint density at radius 3 is 2.44 bits per heavy atom. The molecular weight excluding hydrogens is 362 g/mol. The zero-order chi connectivity index (χ0) is 19.1. The maximum absolute atomic E-state index is 14.2. The molecule has 0 bridgehead atoms. The van der Waals surface area contributed by atoms with Gasteiger partial charge in [-0.3, -0.25) is 4.94 Å². The van der Waals surface area contributed by atoms with Gasteiger partial charge in [-0.2, -0.15) is 0 Å². The van der Waals surface area contributed by atoms with Crippen molar-refractivity contribution in [3.8, 4) is 11.3 Å². The summed E-state index contributed by atoms with van der Waals surface area (Å²) in [6.07, 6.45) is 1.33. The molecular formula is C20H15F4NO2. The first-order valence-corrected chi connectivity index (χ1v) is 8.54. The first-order chi connectivity index (χ1) is 13.0. The lowest BCUT2D eigenvalue weighted by Gasteiger charge is -2.32. The fourth-order valence-electron chi connectivity index (χ4n) is 3.80. The molecule has 1 saturated carbocycles. The third-order valence-electron chi connectivity index (χ3n) is 5.20. The maximum atomic E-state index is 14.2. The summed E-state index contributed by atoms with van der Waals surface area (Å²) in [6, 6.07) is 7.75. The van der Waals surface area contributed by atoms with Gasteiger partial charge in [-0.15, -0.1) is 0 Å². The van der Waals surface area contributed by atoms with Gasteiger partial charge in [0.05, 0.1) is 11.4 Å². The number of hydrogen-bond donors (Lipinski definition) is 1. The Labute approximate surface area is 151 Å². The van der Waals surface area contributed by atoms with Crippen LogP contribution in [0, 0.1) is 29.3 Å². The number of fused-ring (bicyclic) bond motifs is 1. The molecule has 4 rings (SSSR count). The van der Waals surface area contributed by atoms with E-state index in [1.54, 1.807) is 12.1 Å². The van der Waals surface area contributed by atoms with Crippen molar-refractivity contribution in [2.24, 2.45) is 11.8 Å². The van der Waals surface area contributed by atoms with Crippen LogP contribution in [0.2, 0.25) is 0 Å². The lowest BCUT2D eigenvalue weighted by atomic mass is 9.72. The largest absolute Gasteiger partial charge is 0.352 e. The van der Waals surface area contributed by atoms with E-state index in [9.17, 15) is 22.5 Å². The van der Waals surface area contributed by atoms with Crippen LogP contribution in [0.4, 0.5) is 17.7 Å². The fraction of sp³-hybridized carbons (Fsp3) is 0.250. The zero-order valence-electron chi connectivity index (χ0n) is 14.1. The summed E-state index contributed by atoms with van der Waals surface area (Å²) in [5, 5.41) is 0.406. The Morgan fingerprint density at radius 1 is 1.07 bits per heavy atom. The molecule has 1 aliphatic rings. The van der Waals surface area contributed by atoms with E-state index in [-0.39, 0.29) is 11.4 Å². The van der Waals surface area contributed by atoms with Gasteiger partial charge in [0.1, 0.15) is 17.5 Å². The summed E-state index contributed by atoms with van der Waals surface area (Å²) in [6.45, 7) is 0. The van der Waals surface area contributed by atoms with Crippen LogP contribution in [0.5, 0.6) is 0 Å². The standard InChI is InChI=1S/C20H15F4NO2/c21-13-3-1-11(2-4-13)18-15(7-10-5-12(6-10)20(26)27-24)16-8-14(22)9-17(23)19(16)25-18/h1-4,8-10,12,25H,5-7H2. The van der Waals surface area contributed by atoms with Crippen molar-refractivity contribution in [3.63, 3.8) is 0 Å². The van der Waals surface area contributed by atoms with E-state index in [4.69, 9.17) is 0 Å². The molecule has 1 fully saturated rings. The van der Waals surface area contributed by atoms with Crippen LogP contribution in [0.3, 0.4) is 0 Å². The van der Waals surface area contributed by atoms with Gasteiger partial charge in [-0.1, -0.05) is 0 Å². The predicted octanol–water partition coefficient (Wildman–Crippen LogP) is 5.25. The minimum Gasteiger partial charge on any atom is -0.352 e. The number of rotatable bonds is 4. The number of aromatic nitrogens is 1. The Hall–Kier alpha value is -2.83. The molecule has 1 aromatic heterocycles. The summed E-state index contributed by atoms with van der Waals surface area (Å²) >= 11 is 0. The predicted molar refractivity (Wildman–Crippen MR) is 90.7 cm³/mol. The summed E-state index contributed by atoms with van der Waals surface area (Å²) in [7, 11) is 0. The lowest BCUT2D eigenvalue weighted by molar-refractivity contribution is -0.193. The number of carbonyl (C=O) groups is 1. The maximum Gasteiger partial charge on any atom is 0.351 e. The Balaban J connectivity index is 1.74. The third kappa shape index (κ3) is 3.18. The number of H-pyrrole nitrogens is 1. The highest BCUT2D eigenvalue weighted by atomic mass is 19.3. The van der Waals surface area contributed by atoms with Gasteiger partial charge < -0.3 is 4.98 Å². The lowest BCUT2D eigenvalue weighted by Crippen LogP contribution is -2.32. The smallest absolute Gasteiger partial charge is 0.351 e. The van der Waals surface area contributed by atoms with Gasteiger partial charge >= 0.3 is 5.97 Å². The van der Waals surface area contributed by atoms with E-state index in [0.29, 0.717) is 41.5 Å². The molecule has 2 aromatic carbocycles. The van der Waals surface area contributed by atoms with E-state index in [2.05, 4.69) is 9.93 Å². The van der Waals surface area contributed by atoms with Crippen molar-refractivity contribution in [1.82, 2.24) is 4.98 Å². The quantitative estimate of drug-likeness (QED) is 0.631. The van der Waals surface area contributed by atoms with Crippen LogP contribution in [0.25, 0.3) is 22.2 Å². The van der Waals surface area contributed by atoms with Gasteiger partial charge in [0.2, 0.25) is 0 Å².